The molecule has 7 nitrogen and oxygen atoms in total. The van der Waals surface area contributed by atoms with Crippen LogP contribution in [0.15, 0.2) is 65.7 Å². The van der Waals surface area contributed by atoms with Gasteiger partial charge in [0.2, 0.25) is 18.0 Å². The minimum Gasteiger partial charge on any atom is -0.342 e. The fraction of sp³-hybridized carbons (Fsp3) is 0.500. The Bertz CT molecular complexity index is 1270. The van der Waals surface area contributed by atoms with Crippen molar-refractivity contribution in [2.24, 2.45) is 10.9 Å². The van der Waals surface area contributed by atoms with Gasteiger partial charge in [-0.25, -0.2) is 0 Å². The molecule has 2 saturated carbocycles. The summed E-state index contributed by atoms with van der Waals surface area (Å²) < 4.78 is 40.1. The Morgan fingerprint density at radius 1 is 1.14 bits per heavy atom. The summed E-state index contributed by atoms with van der Waals surface area (Å²) in [6.45, 7) is 3.35. The number of halogens is 3. The van der Waals surface area contributed by atoms with Crippen LogP contribution in [0.1, 0.15) is 76.2 Å². The summed E-state index contributed by atoms with van der Waals surface area (Å²) in [4.78, 5) is 46.1. The molecule has 10 heteroatoms. The van der Waals surface area contributed by atoms with Crippen LogP contribution in [0.4, 0.5) is 18.9 Å². The normalized spacial score (nSPS) is 21.2. The van der Waals surface area contributed by atoms with Gasteiger partial charge in [0.05, 0.1) is 17.0 Å². The maximum Gasteiger partial charge on any atom is 0.416 e. The summed E-state index contributed by atoms with van der Waals surface area (Å²) in [5, 5.41) is 5.76. The van der Waals surface area contributed by atoms with Crippen LogP contribution in [-0.4, -0.2) is 48.4 Å². The summed E-state index contributed by atoms with van der Waals surface area (Å²) in [5.74, 6) is -0.582. The molecule has 4 rings (SSSR count). The summed E-state index contributed by atoms with van der Waals surface area (Å²) in [6, 6.07) is 6.96. The molecule has 0 spiro atoms. The zero-order valence-electron chi connectivity index (χ0n) is 24.0. The second kappa shape index (κ2) is 13.5. The molecule has 3 amide bonds. The van der Waals surface area contributed by atoms with Gasteiger partial charge in [0.1, 0.15) is 5.54 Å². The third kappa shape index (κ3) is 7.38. The predicted molar refractivity (Wildman–Crippen MR) is 157 cm³/mol. The molecular formula is C32H39F3N4O3. The van der Waals surface area contributed by atoms with Gasteiger partial charge in [-0.2, -0.15) is 13.2 Å². The summed E-state index contributed by atoms with van der Waals surface area (Å²) in [6.07, 6.45) is 6.60. The lowest BCUT2D eigenvalue weighted by molar-refractivity contribution is -0.135. The smallest absolute Gasteiger partial charge is 0.342 e. The number of amides is 3. The lowest BCUT2D eigenvalue weighted by atomic mass is 9.94. The van der Waals surface area contributed by atoms with Crippen molar-refractivity contribution in [3.05, 3.63) is 66.3 Å². The average molecular weight is 585 g/mol. The fourth-order valence-electron chi connectivity index (χ4n) is 6.13. The number of alkyl halides is 3. The molecule has 2 aliphatic carbocycles. The molecule has 0 saturated heterocycles. The molecule has 1 aliphatic heterocycles. The van der Waals surface area contributed by atoms with Gasteiger partial charge < -0.3 is 15.5 Å². The maximum atomic E-state index is 13.7. The fourth-order valence-corrected chi connectivity index (χ4v) is 6.13. The molecule has 1 heterocycles. The number of benzene rings is 1. The minimum absolute atomic E-state index is 0.0158. The van der Waals surface area contributed by atoms with Crippen LogP contribution in [0.2, 0.25) is 0 Å². The third-order valence-electron chi connectivity index (χ3n) is 8.45. The van der Waals surface area contributed by atoms with Gasteiger partial charge in [-0.1, -0.05) is 87.6 Å². The second-order valence-electron chi connectivity index (χ2n) is 11.4. The van der Waals surface area contributed by atoms with Crippen LogP contribution >= 0.6 is 0 Å². The number of nitrogens with one attached hydrogen (secondary N) is 2. The number of hydrogen-bond donors (Lipinski definition) is 2. The van der Waals surface area contributed by atoms with E-state index in [1.807, 2.05) is 0 Å². The first kappa shape index (κ1) is 31.3. The van der Waals surface area contributed by atoms with E-state index in [0.717, 1.165) is 50.3 Å². The van der Waals surface area contributed by atoms with E-state index in [9.17, 15) is 27.6 Å². The zero-order valence-corrected chi connectivity index (χ0v) is 24.0. The average Bonchev–Trinajstić information content (AvgIpc) is 3.64. The molecule has 1 aromatic carbocycles. The van der Waals surface area contributed by atoms with E-state index >= 15 is 0 Å². The first-order valence-corrected chi connectivity index (χ1v) is 14.7. The molecule has 0 aromatic heterocycles. The molecule has 0 bridgehead atoms. The van der Waals surface area contributed by atoms with E-state index < -0.39 is 35.3 Å². The lowest BCUT2D eigenvalue weighted by Crippen LogP contribution is -2.60. The molecule has 3 aliphatic rings. The van der Waals surface area contributed by atoms with Crippen LogP contribution < -0.4 is 15.5 Å². The van der Waals surface area contributed by atoms with E-state index in [4.69, 9.17) is 0 Å². The van der Waals surface area contributed by atoms with E-state index in [-0.39, 0.29) is 12.3 Å². The maximum absolute atomic E-state index is 13.7. The van der Waals surface area contributed by atoms with Crippen molar-refractivity contribution in [3.8, 4) is 0 Å². The Balaban J connectivity index is 1.56. The molecule has 0 radical (unpaired) electrons. The van der Waals surface area contributed by atoms with Crippen LogP contribution in [0.5, 0.6) is 0 Å². The predicted octanol–water partition coefficient (Wildman–Crippen LogP) is 5.91. The molecule has 2 N–H and O–H groups in total. The Morgan fingerprint density at radius 2 is 1.83 bits per heavy atom. The lowest BCUT2D eigenvalue weighted by Gasteiger charge is -2.31. The Labute approximate surface area is 245 Å². The van der Waals surface area contributed by atoms with Gasteiger partial charge in [0, 0.05) is 25.5 Å². The number of para-hydroxylation sites is 1. The number of carbonyl (C=O) groups excluding carboxylic acids is 3. The van der Waals surface area contributed by atoms with Gasteiger partial charge in [-0.15, -0.1) is 0 Å². The standard InChI is InChI=1S/C32H39F3N4O3/c1-3-11-23(32(33,34)35)14-10-16-25-24-15-6-7-17-26(24)39(2)29(41)28(36-25)37-30(42)31(20-8-9-21-31)38-27(40)19-18-22-12-4-5-13-22/h3,6-7,10-11,14-15,17,22,28H,1,4-5,8-9,12-13,16,18-21H2,2H3,(H,37,42)(H,38,40)/b14-10-,23-11+. The van der Waals surface area contributed by atoms with Crippen LogP contribution in [0.25, 0.3) is 0 Å². The molecule has 1 unspecified atom stereocenters. The second-order valence-corrected chi connectivity index (χ2v) is 11.4. The van der Waals surface area contributed by atoms with E-state index in [1.54, 1.807) is 31.3 Å². The van der Waals surface area contributed by atoms with Crippen molar-refractivity contribution in [1.29, 1.82) is 0 Å². The number of allylic oxidation sites excluding steroid dienone is 5. The number of anilines is 1. The van der Waals surface area contributed by atoms with Crippen molar-refractivity contribution >= 4 is 29.1 Å². The minimum atomic E-state index is -4.56. The van der Waals surface area contributed by atoms with Gasteiger partial charge in [0.25, 0.3) is 5.91 Å². The van der Waals surface area contributed by atoms with Crippen molar-refractivity contribution in [3.63, 3.8) is 0 Å². The number of carbonyl (C=O) groups is 3. The molecular weight excluding hydrogens is 545 g/mol. The third-order valence-corrected chi connectivity index (χ3v) is 8.45. The summed E-state index contributed by atoms with van der Waals surface area (Å²) in [5.41, 5.74) is -0.542. The highest BCUT2D eigenvalue weighted by atomic mass is 19.4. The van der Waals surface area contributed by atoms with Crippen LogP contribution in [-0.2, 0) is 14.4 Å². The molecule has 1 atom stereocenters. The van der Waals surface area contributed by atoms with E-state index in [1.165, 1.54) is 23.8 Å². The number of hydrogen-bond acceptors (Lipinski definition) is 4. The SMILES string of the molecule is C=C/C=C(\C=C/CC1=NC(NC(=O)C2(NC(=O)CCC3CCCC3)CCCC2)C(=O)N(C)c2ccccc21)C(F)(F)F. The highest BCUT2D eigenvalue weighted by Crippen LogP contribution is 2.33. The Morgan fingerprint density at radius 3 is 2.50 bits per heavy atom. The van der Waals surface area contributed by atoms with Crippen LogP contribution in [0, 0.1) is 5.92 Å². The monoisotopic (exact) mass is 584 g/mol. The number of benzodiazepines with no additional fused rings is 1. The van der Waals surface area contributed by atoms with Crippen molar-refractivity contribution in [1.82, 2.24) is 10.6 Å². The first-order valence-electron chi connectivity index (χ1n) is 14.7. The Kier molecular flexibility index (Phi) is 10.1. The van der Waals surface area contributed by atoms with Gasteiger partial charge in [0.15, 0.2) is 0 Å². The number of aliphatic imine (C=N–C) groups is 1. The molecule has 226 valence electrons. The highest BCUT2D eigenvalue weighted by Gasteiger charge is 2.44. The first-order chi connectivity index (χ1) is 20.0. The number of rotatable bonds is 10. The number of likely N-dealkylation sites (N-methyl/N-ethyl adjacent to an activating group) is 1. The van der Waals surface area contributed by atoms with Crippen LogP contribution in [0.3, 0.4) is 0 Å². The van der Waals surface area contributed by atoms with Crippen molar-refractivity contribution < 1.29 is 27.6 Å². The van der Waals surface area contributed by atoms with Crippen molar-refractivity contribution in [2.45, 2.75) is 88.5 Å². The zero-order chi connectivity index (χ0) is 30.3. The number of fused-ring (bicyclic) bond motifs is 1. The van der Waals surface area contributed by atoms with Gasteiger partial charge >= 0.3 is 6.18 Å². The molecule has 1 aromatic rings. The topological polar surface area (TPSA) is 90.9 Å². The van der Waals surface area contributed by atoms with E-state index in [2.05, 4.69) is 22.2 Å². The molecule has 42 heavy (non-hydrogen) atoms. The quantitative estimate of drug-likeness (QED) is 0.335. The van der Waals surface area contributed by atoms with E-state index in [0.29, 0.717) is 42.1 Å². The van der Waals surface area contributed by atoms with Gasteiger partial charge in [-0.05, 0) is 31.2 Å². The van der Waals surface area contributed by atoms with Gasteiger partial charge in [-0.3, -0.25) is 19.4 Å². The Hall–Kier alpha value is -3.69. The largest absolute Gasteiger partial charge is 0.416 e. The summed E-state index contributed by atoms with van der Waals surface area (Å²) in [7, 11) is 1.57. The highest BCUT2D eigenvalue weighted by molar-refractivity contribution is 6.13. The molecule has 2 fully saturated rings. The summed E-state index contributed by atoms with van der Waals surface area (Å²) >= 11 is 0. The number of nitrogens with zero attached hydrogens (tertiary/aromatic N) is 2. The van der Waals surface area contributed by atoms with Crippen molar-refractivity contribution in [2.75, 3.05) is 11.9 Å².